The summed E-state index contributed by atoms with van der Waals surface area (Å²) in [5.41, 5.74) is 0.0875. The minimum Gasteiger partial charge on any atom is -0.457 e. The lowest BCUT2D eigenvalue weighted by Crippen LogP contribution is -2.22. The molecule has 0 unspecified atom stereocenters. The molecule has 1 aromatic rings. The van der Waals surface area contributed by atoms with E-state index in [1.165, 1.54) is 24.3 Å². The largest absolute Gasteiger partial charge is 0.457 e. The van der Waals surface area contributed by atoms with Crippen molar-refractivity contribution >= 4 is 21.9 Å². The summed E-state index contributed by atoms with van der Waals surface area (Å²) in [4.78, 5) is 11.7. The minimum atomic E-state index is -3.24. The van der Waals surface area contributed by atoms with Gasteiger partial charge < -0.3 is 4.74 Å². The van der Waals surface area contributed by atoms with Crippen LogP contribution in [-0.4, -0.2) is 26.2 Å². The normalized spacial score (nSPS) is 12.6. The monoisotopic (exact) mass is 282 g/mol. The predicted octanol–water partition coefficient (Wildman–Crippen LogP) is 2.45. The van der Waals surface area contributed by atoms with Gasteiger partial charge in [-0.3, -0.25) is 0 Å². The third-order valence-electron chi connectivity index (χ3n) is 2.10. The molecule has 0 aliphatic rings. The Kier molecular flexibility index (Phi) is 4.52. The van der Waals surface area contributed by atoms with Crippen molar-refractivity contribution in [2.24, 2.45) is 0 Å². The molecule has 5 heteroatoms. The Labute approximate surface area is 114 Å². The van der Waals surface area contributed by atoms with Crippen molar-refractivity contribution in [2.75, 3.05) is 6.26 Å². The van der Waals surface area contributed by atoms with E-state index in [4.69, 9.17) is 4.74 Å². The van der Waals surface area contributed by atoms with Crippen LogP contribution in [0.5, 0.6) is 0 Å². The quantitative estimate of drug-likeness (QED) is 0.631. The summed E-state index contributed by atoms with van der Waals surface area (Å²) < 4.78 is 27.9. The molecule has 0 amide bonds. The Hall–Kier alpha value is -1.62. The van der Waals surface area contributed by atoms with E-state index in [9.17, 15) is 13.2 Å². The summed E-state index contributed by atoms with van der Waals surface area (Å²) in [5.74, 6) is -0.461. The maximum absolute atomic E-state index is 11.5. The summed E-state index contributed by atoms with van der Waals surface area (Å²) in [6.07, 6.45) is 3.96. The third-order valence-corrected chi connectivity index (χ3v) is 3.22. The van der Waals surface area contributed by atoms with Gasteiger partial charge in [-0.2, -0.15) is 0 Å². The first-order valence-corrected chi connectivity index (χ1v) is 7.68. The van der Waals surface area contributed by atoms with Gasteiger partial charge in [0.25, 0.3) is 0 Å². The number of esters is 1. The first kappa shape index (κ1) is 15.4. The van der Waals surface area contributed by atoms with Crippen molar-refractivity contribution < 1.29 is 17.9 Å². The number of hydrogen-bond donors (Lipinski definition) is 0. The molecule has 19 heavy (non-hydrogen) atoms. The number of ether oxygens (including phenoxy) is 1. The van der Waals surface area contributed by atoms with Crippen LogP contribution >= 0.6 is 0 Å². The fourth-order valence-electron chi connectivity index (χ4n) is 1.35. The lowest BCUT2D eigenvalue weighted by molar-refractivity contribution is -0.148. The van der Waals surface area contributed by atoms with Crippen LogP contribution in [0.1, 0.15) is 26.3 Å². The lowest BCUT2D eigenvalue weighted by Gasteiger charge is -2.17. The van der Waals surface area contributed by atoms with Crippen molar-refractivity contribution in [2.45, 2.75) is 31.3 Å². The molecule has 0 aromatic heterocycles. The van der Waals surface area contributed by atoms with Crippen LogP contribution < -0.4 is 0 Å². The lowest BCUT2D eigenvalue weighted by atomic mass is 10.2. The van der Waals surface area contributed by atoms with E-state index in [1.807, 2.05) is 0 Å². The van der Waals surface area contributed by atoms with Crippen molar-refractivity contribution in [1.29, 1.82) is 0 Å². The Morgan fingerprint density at radius 3 is 2.42 bits per heavy atom. The van der Waals surface area contributed by atoms with Gasteiger partial charge in [0.05, 0.1) is 4.90 Å². The fourth-order valence-corrected chi connectivity index (χ4v) is 2.02. The van der Waals surface area contributed by atoms with Gasteiger partial charge in [0.15, 0.2) is 9.84 Å². The van der Waals surface area contributed by atoms with Crippen molar-refractivity contribution in [3.63, 3.8) is 0 Å². The van der Waals surface area contributed by atoms with Crippen LogP contribution in [0, 0.1) is 0 Å². The molecule has 1 rings (SSSR count). The molecule has 0 aliphatic heterocycles. The zero-order chi connectivity index (χ0) is 14.7. The zero-order valence-corrected chi connectivity index (χ0v) is 12.3. The summed E-state index contributed by atoms with van der Waals surface area (Å²) in [6.45, 7) is 5.34. The first-order valence-electron chi connectivity index (χ1n) is 5.79. The predicted molar refractivity (Wildman–Crippen MR) is 74.4 cm³/mol. The second-order valence-electron chi connectivity index (χ2n) is 5.21. The Morgan fingerprint density at radius 2 is 1.89 bits per heavy atom. The SMILES string of the molecule is CC(C)(C)OC(=O)/C=C/c1cccc(S(C)(=O)=O)c1. The van der Waals surface area contributed by atoms with Crippen LogP contribution in [0.4, 0.5) is 0 Å². The molecule has 0 aliphatic carbocycles. The topological polar surface area (TPSA) is 60.4 Å². The van der Waals surface area contributed by atoms with Gasteiger partial charge in [0, 0.05) is 12.3 Å². The van der Waals surface area contributed by atoms with Gasteiger partial charge in [-0.15, -0.1) is 0 Å². The molecule has 104 valence electrons. The molecule has 0 saturated heterocycles. The van der Waals surface area contributed by atoms with E-state index in [0.29, 0.717) is 5.56 Å². The van der Waals surface area contributed by atoms with E-state index < -0.39 is 21.4 Å². The highest BCUT2D eigenvalue weighted by Gasteiger charge is 2.13. The van der Waals surface area contributed by atoms with E-state index in [-0.39, 0.29) is 4.90 Å². The van der Waals surface area contributed by atoms with Crippen LogP contribution in [-0.2, 0) is 19.4 Å². The van der Waals surface area contributed by atoms with Gasteiger partial charge in [-0.1, -0.05) is 12.1 Å². The average molecular weight is 282 g/mol. The van der Waals surface area contributed by atoms with Gasteiger partial charge in [0.2, 0.25) is 0 Å². The average Bonchev–Trinajstić information content (AvgIpc) is 2.23. The maximum Gasteiger partial charge on any atom is 0.331 e. The van der Waals surface area contributed by atoms with Gasteiger partial charge in [-0.25, -0.2) is 13.2 Å². The van der Waals surface area contributed by atoms with Crippen molar-refractivity contribution in [3.8, 4) is 0 Å². The summed E-state index contributed by atoms with van der Waals surface area (Å²) in [5, 5.41) is 0. The molecule has 1 aromatic carbocycles. The number of rotatable bonds is 3. The summed E-state index contributed by atoms with van der Waals surface area (Å²) in [6, 6.07) is 6.37. The minimum absolute atomic E-state index is 0.221. The Morgan fingerprint density at radius 1 is 1.26 bits per heavy atom. The van der Waals surface area contributed by atoms with E-state index in [1.54, 1.807) is 32.9 Å². The number of sulfone groups is 1. The van der Waals surface area contributed by atoms with Crippen molar-refractivity contribution in [1.82, 2.24) is 0 Å². The third kappa shape index (κ3) is 5.70. The number of benzene rings is 1. The second-order valence-corrected chi connectivity index (χ2v) is 7.23. The molecule has 0 heterocycles. The molecule has 0 radical (unpaired) electrons. The Bertz CT molecular complexity index is 592. The Balaban J connectivity index is 2.86. The number of hydrogen-bond acceptors (Lipinski definition) is 4. The molecule has 0 spiro atoms. The fraction of sp³-hybridized carbons (Fsp3) is 0.357. The van der Waals surface area contributed by atoms with Gasteiger partial charge in [0.1, 0.15) is 5.60 Å². The molecule has 0 bridgehead atoms. The molecule has 0 saturated carbocycles. The molecule has 0 fully saturated rings. The standard InChI is InChI=1S/C14H18O4S/c1-14(2,3)18-13(15)9-8-11-6-5-7-12(10-11)19(4,16)17/h5-10H,1-4H3/b9-8+. The summed E-state index contributed by atoms with van der Waals surface area (Å²) >= 11 is 0. The van der Waals surface area contributed by atoms with Crippen molar-refractivity contribution in [3.05, 3.63) is 35.9 Å². The van der Waals surface area contributed by atoms with E-state index in [0.717, 1.165) is 6.26 Å². The molecular weight excluding hydrogens is 264 g/mol. The van der Waals surface area contributed by atoms with Crippen LogP contribution in [0.25, 0.3) is 6.08 Å². The van der Waals surface area contributed by atoms with Gasteiger partial charge >= 0.3 is 5.97 Å². The highest BCUT2D eigenvalue weighted by molar-refractivity contribution is 7.90. The molecule has 0 atom stereocenters. The smallest absolute Gasteiger partial charge is 0.331 e. The van der Waals surface area contributed by atoms with Crippen LogP contribution in [0.15, 0.2) is 35.2 Å². The molecule has 0 N–H and O–H groups in total. The summed E-state index contributed by atoms with van der Waals surface area (Å²) in [7, 11) is -3.24. The zero-order valence-electron chi connectivity index (χ0n) is 11.5. The van der Waals surface area contributed by atoms with E-state index >= 15 is 0 Å². The molecular formula is C14H18O4S. The van der Waals surface area contributed by atoms with Crippen LogP contribution in [0.3, 0.4) is 0 Å². The van der Waals surface area contributed by atoms with E-state index in [2.05, 4.69) is 0 Å². The van der Waals surface area contributed by atoms with Crippen LogP contribution in [0.2, 0.25) is 0 Å². The highest BCUT2D eigenvalue weighted by Crippen LogP contribution is 2.13. The van der Waals surface area contributed by atoms with Gasteiger partial charge in [-0.05, 0) is 44.5 Å². The second kappa shape index (κ2) is 5.57. The number of carbonyl (C=O) groups is 1. The molecule has 4 nitrogen and oxygen atoms in total. The number of carbonyl (C=O) groups excluding carboxylic acids is 1. The highest BCUT2D eigenvalue weighted by atomic mass is 32.2. The first-order chi connectivity index (χ1) is 8.58. The maximum atomic E-state index is 11.5.